The molecule has 1 heterocycles. The molecule has 0 amide bonds. The maximum atomic E-state index is 13.1. The molecule has 1 atom stereocenters. The average molecular weight is 310 g/mol. The number of hydrogen-bond donors (Lipinski definition) is 1. The predicted octanol–water partition coefficient (Wildman–Crippen LogP) is 3.71. The van der Waals surface area contributed by atoms with Crippen molar-refractivity contribution in [3.05, 3.63) is 64.2 Å². The van der Waals surface area contributed by atoms with Crippen molar-refractivity contribution in [1.82, 2.24) is 5.32 Å². The van der Waals surface area contributed by atoms with Gasteiger partial charge in [0.25, 0.3) is 0 Å². The molecule has 0 spiro atoms. The van der Waals surface area contributed by atoms with E-state index in [1.54, 1.807) is 12.1 Å². The molecule has 0 aliphatic carbocycles. The second-order valence-electron chi connectivity index (χ2n) is 5.08. The number of halogens is 3. The third-order valence-electron chi connectivity index (χ3n) is 3.45. The molecular weight excluding hydrogens is 296 g/mol. The van der Waals surface area contributed by atoms with E-state index in [9.17, 15) is 8.78 Å². The zero-order valence-electron chi connectivity index (χ0n) is 11.2. The van der Waals surface area contributed by atoms with E-state index in [1.165, 1.54) is 6.07 Å². The summed E-state index contributed by atoms with van der Waals surface area (Å²) in [5.74, 6) is -0.794. The van der Waals surface area contributed by atoms with Gasteiger partial charge >= 0.3 is 0 Å². The maximum Gasteiger partial charge on any atom is 0.159 e. The van der Waals surface area contributed by atoms with Crippen LogP contribution in [0.3, 0.4) is 0 Å². The summed E-state index contributed by atoms with van der Waals surface area (Å²) in [6.45, 7) is 1.10. The molecule has 0 bridgehead atoms. The summed E-state index contributed by atoms with van der Waals surface area (Å²) in [5, 5.41) is 3.89. The van der Waals surface area contributed by atoms with E-state index in [-0.39, 0.29) is 6.10 Å². The normalized spacial score (nSPS) is 16.6. The van der Waals surface area contributed by atoms with Crippen LogP contribution >= 0.6 is 11.6 Å². The summed E-state index contributed by atoms with van der Waals surface area (Å²) >= 11 is 5.95. The second-order valence-corrected chi connectivity index (χ2v) is 5.51. The van der Waals surface area contributed by atoms with Gasteiger partial charge in [0.15, 0.2) is 11.6 Å². The van der Waals surface area contributed by atoms with Gasteiger partial charge in [0, 0.05) is 24.5 Å². The monoisotopic (exact) mass is 309 g/mol. The molecular formula is C16H14ClF2NO. The number of benzene rings is 2. The van der Waals surface area contributed by atoms with Crippen LogP contribution in [0.4, 0.5) is 8.78 Å². The highest BCUT2D eigenvalue weighted by Crippen LogP contribution is 2.30. The quantitative estimate of drug-likeness (QED) is 0.929. The van der Waals surface area contributed by atoms with Crippen LogP contribution in [0.2, 0.25) is 5.02 Å². The first kappa shape index (κ1) is 14.3. The summed E-state index contributed by atoms with van der Waals surface area (Å²) in [4.78, 5) is 0. The minimum atomic E-state index is -0.829. The van der Waals surface area contributed by atoms with Gasteiger partial charge in [-0.1, -0.05) is 17.7 Å². The SMILES string of the molecule is Fc1ccc(CNCC2Cc3cc(Cl)ccc3O2)cc1F. The summed E-state index contributed by atoms with van der Waals surface area (Å²) in [7, 11) is 0. The van der Waals surface area contributed by atoms with Crippen molar-refractivity contribution in [2.24, 2.45) is 0 Å². The van der Waals surface area contributed by atoms with Gasteiger partial charge in [-0.15, -0.1) is 0 Å². The van der Waals surface area contributed by atoms with E-state index in [0.717, 1.165) is 23.8 Å². The standard InChI is InChI=1S/C16H14ClF2NO/c17-12-2-4-16-11(6-12)7-13(21-16)9-20-8-10-1-3-14(18)15(19)5-10/h1-6,13,20H,7-9H2. The summed E-state index contributed by atoms with van der Waals surface area (Å²) in [5.41, 5.74) is 1.80. The lowest BCUT2D eigenvalue weighted by Crippen LogP contribution is -2.29. The lowest BCUT2D eigenvalue weighted by atomic mass is 10.1. The Hall–Kier alpha value is -1.65. The van der Waals surface area contributed by atoms with Crippen molar-refractivity contribution in [2.45, 2.75) is 19.1 Å². The molecule has 1 N–H and O–H groups in total. The lowest BCUT2D eigenvalue weighted by molar-refractivity contribution is 0.227. The summed E-state index contributed by atoms with van der Waals surface area (Å²) < 4.78 is 31.7. The van der Waals surface area contributed by atoms with Gasteiger partial charge in [0.05, 0.1) is 0 Å². The topological polar surface area (TPSA) is 21.3 Å². The Bertz CT molecular complexity index is 663. The lowest BCUT2D eigenvalue weighted by Gasteiger charge is -2.12. The Morgan fingerprint density at radius 1 is 1.14 bits per heavy atom. The molecule has 1 aliphatic rings. The summed E-state index contributed by atoms with van der Waals surface area (Å²) in [6, 6.07) is 9.48. The predicted molar refractivity (Wildman–Crippen MR) is 77.6 cm³/mol. The molecule has 2 aromatic rings. The first-order chi connectivity index (χ1) is 10.1. The Morgan fingerprint density at radius 3 is 2.81 bits per heavy atom. The Morgan fingerprint density at radius 2 is 2.00 bits per heavy atom. The van der Waals surface area contributed by atoms with Crippen molar-refractivity contribution >= 4 is 11.6 Å². The zero-order valence-corrected chi connectivity index (χ0v) is 12.0. The van der Waals surface area contributed by atoms with Crippen LogP contribution in [0.15, 0.2) is 36.4 Å². The van der Waals surface area contributed by atoms with Crippen LogP contribution in [-0.4, -0.2) is 12.6 Å². The van der Waals surface area contributed by atoms with Gasteiger partial charge in [0.2, 0.25) is 0 Å². The highest BCUT2D eigenvalue weighted by atomic mass is 35.5. The molecule has 1 aliphatic heterocycles. The van der Waals surface area contributed by atoms with Crippen LogP contribution in [0.1, 0.15) is 11.1 Å². The third kappa shape index (κ3) is 3.34. The van der Waals surface area contributed by atoms with Gasteiger partial charge in [-0.3, -0.25) is 0 Å². The molecule has 21 heavy (non-hydrogen) atoms. The van der Waals surface area contributed by atoms with Gasteiger partial charge in [-0.2, -0.15) is 0 Å². The fourth-order valence-corrected chi connectivity index (χ4v) is 2.62. The van der Waals surface area contributed by atoms with Crippen molar-refractivity contribution in [3.8, 4) is 5.75 Å². The van der Waals surface area contributed by atoms with Gasteiger partial charge < -0.3 is 10.1 Å². The van der Waals surface area contributed by atoms with Crippen molar-refractivity contribution in [2.75, 3.05) is 6.54 Å². The van der Waals surface area contributed by atoms with Crippen LogP contribution in [0.25, 0.3) is 0 Å². The maximum absolute atomic E-state index is 13.1. The molecule has 1 unspecified atom stereocenters. The van der Waals surface area contributed by atoms with Gasteiger partial charge in [0.1, 0.15) is 11.9 Å². The summed E-state index contributed by atoms with van der Waals surface area (Å²) in [6.07, 6.45) is 0.824. The Balaban J connectivity index is 1.52. The van der Waals surface area contributed by atoms with Crippen molar-refractivity contribution in [1.29, 1.82) is 0 Å². The minimum absolute atomic E-state index is 0.0313. The number of hydrogen-bond acceptors (Lipinski definition) is 2. The van der Waals surface area contributed by atoms with Crippen LogP contribution in [0.5, 0.6) is 5.75 Å². The van der Waals surface area contributed by atoms with E-state index in [4.69, 9.17) is 16.3 Å². The van der Waals surface area contributed by atoms with Gasteiger partial charge in [-0.25, -0.2) is 8.78 Å². The van der Waals surface area contributed by atoms with E-state index in [1.807, 2.05) is 12.1 Å². The molecule has 2 aromatic carbocycles. The molecule has 0 saturated heterocycles. The molecule has 0 aromatic heterocycles. The number of ether oxygens (including phenoxy) is 1. The largest absolute Gasteiger partial charge is 0.488 e. The van der Waals surface area contributed by atoms with Crippen LogP contribution in [-0.2, 0) is 13.0 Å². The smallest absolute Gasteiger partial charge is 0.159 e. The second kappa shape index (κ2) is 6.00. The molecule has 110 valence electrons. The van der Waals surface area contributed by atoms with Crippen molar-refractivity contribution < 1.29 is 13.5 Å². The average Bonchev–Trinajstić information content (AvgIpc) is 2.84. The number of rotatable bonds is 4. The highest BCUT2D eigenvalue weighted by molar-refractivity contribution is 6.30. The van der Waals surface area contributed by atoms with Crippen LogP contribution < -0.4 is 10.1 Å². The first-order valence-electron chi connectivity index (χ1n) is 6.71. The van der Waals surface area contributed by atoms with Crippen molar-refractivity contribution in [3.63, 3.8) is 0 Å². The van der Waals surface area contributed by atoms with E-state index < -0.39 is 11.6 Å². The molecule has 0 saturated carbocycles. The third-order valence-corrected chi connectivity index (χ3v) is 3.68. The first-order valence-corrected chi connectivity index (χ1v) is 7.09. The zero-order chi connectivity index (χ0) is 14.8. The fraction of sp³-hybridized carbons (Fsp3) is 0.250. The highest BCUT2D eigenvalue weighted by Gasteiger charge is 2.22. The number of fused-ring (bicyclic) bond motifs is 1. The number of nitrogens with one attached hydrogen (secondary N) is 1. The molecule has 5 heteroatoms. The molecule has 3 rings (SSSR count). The Labute approximate surface area is 126 Å². The van der Waals surface area contributed by atoms with Crippen LogP contribution in [0, 0.1) is 11.6 Å². The van der Waals surface area contributed by atoms with E-state index >= 15 is 0 Å². The molecule has 2 nitrogen and oxygen atoms in total. The van der Waals surface area contributed by atoms with E-state index in [0.29, 0.717) is 23.7 Å². The van der Waals surface area contributed by atoms with E-state index in [2.05, 4.69) is 5.32 Å². The molecule has 0 fully saturated rings. The Kier molecular flexibility index (Phi) is 4.08. The molecule has 0 radical (unpaired) electrons. The minimum Gasteiger partial charge on any atom is -0.488 e. The fourth-order valence-electron chi connectivity index (χ4n) is 2.43. The van der Waals surface area contributed by atoms with Gasteiger partial charge in [-0.05, 0) is 41.5 Å².